The molecule has 2 heterocycles. The molecule has 20 heavy (non-hydrogen) atoms. The number of imide groups is 1. The van der Waals surface area contributed by atoms with Gasteiger partial charge in [-0.25, -0.2) is 0 Å². The average Bonchev–Trinajstić information content (AvgIpc) is 2.61. The highest BCUT2D eigenvalue weighted by Crippen LogP contribution is 2.36. The average molecular weight is 278 g/mol. The van der Waals surface area contributed by atoms with Gasteiger partial charge in [0.1, 0.15) is 0 Å². The Bertz CT molecular complexity index is 364. The van der Waals surface area contributed by atoms with Crippen LogP contribution in [0.15, 0.2) is 0 Å². The van der Waals surface area contributed by atoms with E-state index in [4.69, 9.17) is 0 Å². The summed E-state index contributed by atoms with van der Waals surface area (Å²) in [5.41, 5.74) is 0.202. The van der Waals surface area contributed by atoms with Crippen LogP contribution in [-0.2, 0) is 9.59 Å². The Labute approximate surface area is 121 Å². The van der Waals surface area contributed by atoms with E-state index in [1.165, 1.54) is 32.1 Å². The molecule has 1 aliphatic carbocycles. The Balaban J connectivity index is 1.74. The number of nitrogens with zero attached hydrogens (tertiary/aromatic N) is 1. The third kappa shape index (κ3) is 2.76. The van der Waals surface area contributed by atoms with E-state index < -0.39 is 0 Å². The van der Waals surface area contributed by atoms with Crippen molar-refractivity contribution in [3.05, 3.63) is 0 Å². The molecular formula is C16H26N2O2. The van der Waals surface area contributed by atoms with Gasteiger partial charge in [0.25, 0.3) is 0 Å². The molecule has 2 saturated heterocycles. The lowest BCUT2D eigenvalue weighted by atomic mass is 9.74. The van der Waals surface area contributed by atoms with Crippen LogP contribution in [0, 0.1) is 0 Å². The first-order chi connectivity index (χ1) is 9.70. The standard InChI is InChI=1S/C16H26N2O2/c19-14-6-2-3-7-15(20)18(14)13-8-11-17-16(12-13)9-4-1-5-10-16/h13,17H,1-12H2. The molecule has 0 radical (unpaired) electrons. The van der Waals surface area contributed by atoms with Gasteiger partial charge in [0.15, 0.2) is 0 Å². The number of carbonyl (C=O) groups is 2. The lowest BCUT2D eigenvalue weighted by Crippen LogP contribution is -2.58. The van der Waals surface area contributed by atoms with Crippen molar-refractivity contribution in [2.45, 2.75) is 82.2 Å². The van der Waals surface area contributed by atoms with Gasteiger partial charge in [-0.3, -0.25) is 14.5 Å². The van der Waals surface area contributed by atoms with Crippen molar-refractivity contribution in [2.75, 3.05) is 6.54 Å². The Kier molecular flexibility index (Phi) is 4.11. The fourth-order valence-electron chi connectivity index (χ4n) is 4.30. The number of nitrogens with one attached hydrogen (secondary N) is 1. The molecule has 3 fully saturated rings. The van der Waals surface area contributed by atoms with Crippen LogP contribution in [-0.4, -0.2) is 34.8 Å². The molecule has 3 rings (SSSR count). The van der Waals surface area contributed by atoms with E-state index in [-0.39, 0.29) is 23.4 Å². The lowest BCUT2D eigenvalue weighted by Gasteiger charge is -2.47. The quantitative estimate of drug-likeness (QED) is 0.749. The number of carbonyl (C=O) groups excluding carboxylic acids is 2. The molecule has 112 valence electrons. The predicted octanol–water partition coefficient (Wildman–Crippen LogP) is 2.37. The Morgan fingerprint density at radius 1 is 0.950 bits per heavy atom. The normalized spacial score (nSPS) is 31.4. The zero-order valence-corrected chi connectivity index (χ0v) is 12.3. The lowest BCUT2D eigenvalue weighted by molar-refractivity contribution is -0.148. The molecule has 1 atom stereocenters. The Hall–Kier alpha value is -0.900. The first-order valence-electron chi connectivity index (χ1n) is 8.30. The second kappa shape index (κ2) is 5.84. The second-order valence-corrected chi connectivity index (χ2v) is 6.78. The van der Waals surface area contributed by atoms with Crippen LogP contribution < -0.4 is 5.32 Å². The predicted molar refractivity (Wildman–Crippen MR) is 77.2 cm³/mol. The molecule has 0 aromatic carbocycles. The molecule has 0 bridgehead atoms. The van der Waals surface area contributed by atoms with Crippen molar-refractivity contribution in [3.8, 4) is 0 Å². The fourth-order valence-corrected chi connectivity index (χ4v) is 4.30. The van der Waals surface area contributed by atoms with Crippen LogP contribution in [0.5, 0.6) is 0 Å². The van der Waals surface area contributed by atoms with Crippen LogP contribution in [0.3, 0.4) is 0 Å². The Morgan fingerprint density at radius 3 is 2.25 bits per heavy atom. The number of amides is 2. The molecule has 2 amide bonds. The smallest absolute Gasteiger partial charge is 0.229 e. The van der Waals surface area contributed by atoms with Crippen molar-refractivity contribution in [1.82, 2.24) is 10.2 Å². The van der Waals surface area contributed by atoms with Crippen molar-refractivity contribution < 1.29 is 9.59 Å². The van der Waals surface area contributed by atoms with Gasteiger partial charge < -0.3 is 5.32 Å². The fraction of sp³-hybridized carbons (Fsp3) is 0.875. The van der Waals surface area contributed by atoms with Gasteiger partial charge in [-0.15, -0.1) is 0 Å². The first-order valence-corrected chi connectivity index (χ1v) is 8.30. The first kappa shape index (κ1) is 14.1. The van der Waals surface area contributed by atoms with Crippen molar-refractivity contribution >= 4 is 11.8 Å². The molecule has 2 aliphatic heterocycles. The van der Waals surface area contributed by atoms with Crippen LogP contribution in [0.4, 0.5) is 0 Å². The van der Waals surface area contributed by atoms with Gasteiger partial charge in [-0.05, 0) is 45.1 Å². The van der Waals surface area contributed by atoms with E-state index in [0.29, 0.717) is 12.8 Å². The van der Waals surface area contributed by atoms with Crippen molar-refractivity contribution in [2.24, 2.45) is 0 Å². The number of rotatable bonds is 1. The highest BCUT2D eigenvalue weighted by atomic mass is 16.2. The number of piperidine rings is 1. The highest BCUT2D eigenvalue weighted by Gasteiger charge is 2.41. The molecule has 3 aliphatic rings. The van der Waals surface area contributed by atoms with Crippen LogP contribution in [0.1, 0.15) is 70.6 Å². The van der Waals surface area contributed by atoms with Gasteiger partial charge in [0.2, 0.25) is 11.8 Å². The van der Waals surface area contributed by atoms with Crippen LogP contribution in [0.2, 0.25) is 0 Å². The highest BCUT2D eigenvalue weighted by molar-refractivity contribution is 5.96. The number of hydrogen-bond donors (Lipinski definition) is 1. The number of hydrogen-bond acceptors (Lipinski definition) is 3. The maximum absolute atomic E-state index is 12.3. The minimum atomic E-state index is 0.0744. The molecule has 0 aromatic rings. The molecule has 1 unspecified atom stereocenters. The summed E-state index contributed by atoms with van der Waals surface area (Å²) in [5, 5.41) is 3.70. The van der Waals surface area contributed by atoms with Gasteiger partial charge >= 0.3 is 0 Å². The molecule has 1 spiro atoms. The molecular weight excluding hydrogens is 252 g/mol. The monoisotopic (exact) mass is 278 g/mol. The molecule has 1 N–H and O–H groups in total. The van der Waals surface area contributed by atoms with Gasteiger partial charge in [0.05, 0.1) is 0 Å². The topological polar surface area (TPSA) is 49.4 Å². The minimum absolute atomic E-state index is 0.0744. The van der Waals surface area contributed by atoms with E-state index in [9.17, 15) is 9.59 Å². The summed E-state index contributed by atoms with van der Waals surface area (Å²) in [6.45, 7) is 0.946. The van der Waals surface area contributed by atoms with Gasteiger partial charge in [0, 0.05) is 24.4 Å². The molecule has 4 heteroatoms. The second-order valence-electron chi connectivity index (χ2n) is 6.78. The van der Waals surface area contributed by atoms with Crippen LogP contribution >= 0.6 is 0 Å². The summed E-state index contributed by atoms with van der Waals surface area (Å²) in [7, 11) is 0. The van der Waals surface area contributed by atoms with E-state index in [0.717, 1.165) is 32.2 Å². The van der Waals surface area contributed by atoms with E-state index in [1.54, 1.807) is 4.90 Å². The SMILES string of the molecule is O=C1CCCCC(=O)N1C1CCNC2(CCCCC2)C1. The van der Waals surface area contributed by atoms with Gasteiger partial charge in [-0.1, -0.05) is 19.3 Å². The molecule has 1 saturated carbocycles. The maximum Gasteiger partial charge on any atom is 0.229 e. The van der Waals surface area contributed by atoms with E-state index in [2.05, 4.69) is 5.32 Å². The minimum Gasteiger partial charge on any atom is -0.311 e. The zero-order valence-electron chi connectivity index (χ0n) is 12.3. The third-order valence-corrected chi connectivity index (χ3v) is 5.35. The summed E-state index contributed by atoms with van der Waals surface area (Å²) in [6, 6.07) is 0.146. The van der Waals surface area contributed by atoms with E-state index in [1.807, 2.05) is 0 Å². The molecule has 4 nitrogen and oxygen atoms in total. The summed E-state index contributed by atoms with van der Waals surface area (Å²) < 4.78 is 0. The van der Waals surface area contributed by atoms with Gasteiger partial charge in [-0.2, -0.15) is 0 Å². The largest absolute Gasteiger partial charge is 0.311 e. The summed E-state index contributed by atoms with van der Waals surface area (Å²) >= 11 is 0. The zero-order chi connectivity index (χ0) is 14.0. The van der Waals surface area contributed by atoms with Crippen molar-refractivity contribution in [1.29, 1.82) is 0 Å². The van der Waals surface area contributed by atoms with Crippen LogP contribution in [0.25, 0.3) is 0 Å². The van der Waals surface area contributed by atoms with Crippen molar-refractivity contribution in [3.63, 3.8) is 0 Å². The maximum atomic E-state index is 12.3. The summed E-state index contributed by atoms with van der Waals surface area (Å²) in [5.74, 6) is 0.149. The number of likely N-dealkylation sites (tertiary alicyclic amines) is 1. The molecule has 0 aromatic heterocycles. The third-order valence-electron chi connectivity index (χ3n) is 5.35. The van der Waals surface area contributed by atoms with E-state index >= 15 is 0 Å². The summed E-state index contributed by atoms with van der Waals surface area (Å²) in [4.78, 5) is 26.2. The Morgan fingerprint density at radius 2 is 1.60 bits per heavy atom. The summed E-state index contributed by atoms with van der Waals surface area (Å²) in [6.07, 6.45) is 11.1.